The summed E-state index contributed by atoms with van der Waals surface area (Å²) in [5.41, 5.74) is 1.23. The van der Waals surface area contributed by atoms with Crippen molar-refractivity contribution in [3.63, 3.8) is 0 Å². The average molecular weight is 862 g/mol. The minimum Gasteiger partial charge on any atom is -0.397 e. The second-order valence-corrected chi connectivity index (χ2v) is 14.1. The van der Waals surface area contributed by atoms with Gasteiger partial charge < -0.3 is 31.4 Å². The Morgan fingerprint density at radius 3 is 2.08 bits per heavy atom. The highest BCUT2D eigenvalue weighted by Crippen LogP contribution is 2.48. The molecule has 1 aliphatic heterocycles. The number of pyridine rings is 2. The van der Waals surface area contributed by atoms with E-state index in [4.69, 9.17) is 40.5 Å². The highest BCUT2D eigenvalue weighted by Gasteiger charge is 2.60. The Hall–Kier alpha value is -7.24. The SMILES string of the molecule is N#Cc1ncc(N)cc1C(F)(F)F.[2H]c1cc(C(=O)NC)c(F)c([2H])c1N1C(=S)N(c2cnc([N+]#[C-])c(C)c2)C(=O)C12CCC2.[2H]c1cc(C(=O)NC)c(F)c([2H])c1NC1(C#N)CCC1. The first-order valence-corrected chi connectivity index (χ1v) is 18.5. The number of benzene rings is 2. The molecule has 0 bridgehead atoms. The maximum Gasteiger partial charge on any atom is 0.419 e. The van der Waals surface area contributed by atoms with Gasteiger partial charge in [0.25, 0.3) is 23.5 Å². The van der Waals surface area contributed by atoms with Gasteiger partial charge in [-0.15, -0.1) is 4.98 Å². The molecule has 2 aromatic carbocycles. The molecule has 1 saturated heterocycles. The largest absolute Gasteiger partial charge is 0.419 e. The maximum atomic E-state index is 14.9. The lowest BCUT2D eigenvalue weighted by molar-refractivity contribution is -0.138. The van der Waals surface area contributed by atoms with E-state index >= 15 is 0 Å². The number of aromatic nitrogens is 2. The van der Waals surface area contributed by atoms with Gasteiger partial charge in [0.05, 0.1) is 45.8 Å². The van der Waals surface area contributed by atoms with Crippen LogP contribution < -0.4 is 31.5 Å². The summed E-state index contributed by atoms with van der Waals surface area (Å²) in [7, 11) is 2.67. The third kappa shape index (κ3) is 9.02. The number of thiocarbonyl (C=S) groups is 1. The number of amides is 3. The molecule has 7 rings (SSSR count). The molecular formula is C41H36F5N11O3S. The summed E-state index contributed by atoms with van der Waals surface area (Å²) in [6, 6.07) is 6.19. The molecule has 2 aromatic heterocycles. The fourth-order valence-electron chi connectivity index (χ4n) is 6.39. The summed E-state index contributed by atoms with van der Waals surface area (Å²) in [5.74, 6) is -3.66. The lowest BCUT2D eigenvalue weighted by Crippen LogP contribution is -2.55. The molecule has 2 aliphatic carbocycles. The Morgan fingerprint density at radius 1 is 0.984 bits per heavy atom. The van der Waals surface area contributed by atoms with Crippen LogP contribution in [-0.4, -0.2) is 58.0 Å². The molecule has 0 atom stereocenters. The van der Waals surface area contributed by atoms with Gasteiger partial charge in [-0.25, -0.2) is 13.8 Å². The average Bonchev–Trinajstić information content (AvgIpc) is 3.48. The van der Waals surface area contributed by atoms with Crippen molar-refractivity contribution in [3.8, 4) is 12.1 Å². The van der Waals surface area contributed by atoms with Crippen molar-refractivity contribution in [2.45, 2.75) is 62.7 Å². The number of nitriles is 2. The van der Waals surface area contributed by atoms with Crippen LogP contribution in [0.4, 0.5) is 50.5 Å². The number of anilines is 4. The zero-order valence-electron chi connectivity index (χ0n) is 36.4. The van der Waals surface area contributed by atoms with Crippen molar-refractivity contribution in [1.82, 2.24) is 20.6 Å². The zero-order chi connectivity index (χ0) is 48.3. The number of hydrogen-bond acceptors (Lipinski definition) is 10. The number of rotatable bonds is 6. The van der Waals surface area contributed by atoms with Crippen molar-refractivity contribution in [3.05, 3.63) is 112 Å². The van der Waals surface area contributed by atoms with Gasteiger partial charge in [0, 0.05) is 25.5 Å². The highest BCUT2D eigenvalue weighted by atomic mass is 32.1. The Kier molecular flexibility index (Phi) is 11.5. The summed E-state index contributed by atoms with van der Waals surface area (Å²) in [5, 5.41) is 24.8. The van der Waals surface area contributed by atoms with Crippen LogP contribution in [0.25, 0.3) is 4.85 Å². The number of aryl methyl sites for hydroxylation is 1. The number of nitrogens with two attached hydrogens (primary N) is 1. The molecule has 3 aliphatic rings. The van der Waals surface area contributed by atoms with Crippen molar-refractivity contribution in [2.24, 2.45) is 0 Å². The molecule has 1 spiro atoms. The topological polar surface area (TPSA) is 198 Å². The number of nitrogen functional groups attached to an aromatic ring is 1. The molecule has 0 radical (unpaired) electrons. The molecule has 3 fully saturated rings. The minimum absolute atomic E-state index is 0.000514. The van der Waals surface area contributed by atoms with Gasteiger partial charge in [-0.2, -0.15) is 23.7 Å². The lowest BCUT2D eigenvalue weighted by Gasteiger charge is -2.43. The summed E-state index contributed by atoms with van der Waals surface area (Å²) in [4.78, 5) is 50.3. The van der Waals surface area contributed by atoms with Crippen molar-refractivity contribution < 1.29 is 41.8 Å². The molecule has 4 aromatic rings. The predicted molar refractivity (Wildman–Crippen MR) is 218 cm³/mol. The van der Waals surface area contributed by atoms with E-state index in [0.29, 0.717) is 43.0 Å². The number of carbonyl (C=O) groups excluding carboxylic acids is 3. The maximum absolute atomic E-state index is 14.9. The Balaban J connectivity index is 0.000000204. The van der Waals surface area contributed by atoms with E-state index in [-0.39, 0.29) is 51.5 Å². The van der Waals surface area contributed by atoms with Gasteiger partial charge in [-0.05, 0) is 112 Å². The van der Waals surface area contributed by atoms with Gasteiger partial charge in [0.2, 0.25) is 0 Å². The summed E-state index contributed by atoms with van der Waals surface area (Å²) >= 11 is 5.60. The molecule has 20 heteroatoms. The van der Waals surface area contributed by atoms with Gasteiger partial charge in [0.15, 0.2) is 10.8 Å². The van der Waals surface area contributed by atoms with Crippen LogP contribution in [0.1, 0.15) is 81.5 Å². The number of alkyl halides is 3. The van der Waals surface area contributed by atoms with Gasteiger partial charge in [0.1, 0.15) is 35.0 Å². The first-order chi connectivity index (χ1) is 30.6. The van der Waals surface area contributed by atoms with E-state index in [2.05, 4.69) is 36.8 Å². The Morgan fingerprint density at radius 2 is 1.59 bits per heavy atom. The molecule has 3 amide bonds. The van der Waals surface area contributed by atoms with E-state index in [0.717, 1.165) is 31.2 Å². The van der Waals surface area contributed by atoms with Crippen LogP contribution in [0.2, 0.25) is 0 Å². The molecule has 0 unspecified atom stereocenters. The fraction of sp³-hybridized carbons (Fsp3) is 0.293. The first-order valence-electron chi connectivity index (χ1n) is 20.1. The summed E-state index contributed by atoms with van der Waals surface area (Å²) < 4.78 is 97.8. The van der Waals surface area contributed by atoms with E-state index in [1.165, 1.54) is 36.2 Å². The Bertz CT molecular complexity index is 2770. The van der Waals surface area contributed by atoms with Gasteiger partial charge in [-0.3, -0.25) is 19.3 Å². The molecule has 14 nitrogen and oxygen atoms in total. The summed E-state index contributed by atoms with van der Waals surface area (Å²) in [6.07, 6.45) is 1.44. The smallest absolute Gasteiger partial charge is 0.397 e. The quantitative estimate of drug-likeness (QED) is 0.0877. The molecule has 3 heterocycles. The third-order valence-electron chi connectivity index (χ3n) is 9.92. The van der Waals surface area contributed by atoms with E-state index < -0.39 is 69.6 Å². The zero-order valence-corrected chi connectivity index (χ0v) is 33.3. The number of nitrogens with zero attached hydrogens (tertiary/aromatic N) is 7. The van der Waals surface area contributed by atoms with Crippen molar-refractivity contribution in [1.29, 1.82) is 10.5 Å². The molecular weight excluding hydrogens is 822 g/mol. The van der Waals surface area contributed by atoms with Crippen molar-refractivity contribution >= 4 is 63.6 Å². The minimum atomic E-state index is -4.59. The van der Waals surface area contributed by atoms with Crippen LogP contribution in [0.15, 0.2) is 60.8 Å². The number of nitrogens with one attached hydrogen (secondary N) is 3. The van der Waals surface area contributed by atoms with Crippen molar-refractivity contribution in [2.75, 3.05) is 34.9 Å². The van der Waals surface area contributed by atoms with Crippen LogP contribution >= 0.6 is 12.2 Å². The molecule has 5 N–H and O–H groups in total. The number of halogens is 5. The predicted octanol–water partition coefficient (Wildman–Crippen LogP) is 7.10. The van der Waals surface area contributed by atoms with E-state index in [9.17, 15) is 36.3 Å². The normalized spacial score (nSPS) is 16.5. The molecule has 2 saturated carbocycles. The van der Waals surface area contributed by atoms with Crippen LogP contribution in [0.3, 0.4) is 0 Å². The summed E-state index contributed by atoms with van der Waals surface area (Å²) in [6.45, 7) is 8.86. The van der Waals surface area contributed by atoms with Crippen LogP contribution in [0.5, 0.6) is 0 Å². The standard InChI is InChI=1S/C21H18FN5O2S.C13H14FN3O.C7H4F3N3/c1-12-9-14(11-25-17(12)23-2)26-19(29)21(7-4-8-21)27(20(26)30)13-5-6-15(16(22)10-13)18(28)24-3;1-16-12(18)10-4-3-9(7-11(10)14)17-13(8-15)5-2-6-13;8-7(9,10)5-1-4(12)3-13-6(5)2-11/h5-6,9-11H,4,7-8H2,1,3H3,(H,24,28);3-4,7,17H,2,5-6H2,1H3,(H,16,18);1,3H,12H2/i5D,10D;3D,7D;. The fourth-order valence-corrected chi connectivity index (χ4v) is 6.85. The third-order valence-corrected chi connectivity index (χ3v) is 10.3. The number of carbonyl (C=O) groups is 3. The van der Waals surface area contributed by atoms with Gasteiger partial charge >= 0.3 is 6.18 Å². The second kappa shape index (κ2) is 17.9. The lowest BCUT2D eigenvalue weighted by atomic mass is 9.75. The molecule has 61 heavy (non-hydrogen) atoms. The van der Waals surface area contributed by atoms with Gasteiger partial charge in [-0.1, -0.05) is 6.57 Å². The molecule has 314 valence electrons. The van der Waals surface area contributed by atoms with Crippen LogP contribution in [0, 0.1) is 47.8 Å². The number of hydrogen-bond donors (Lipinski definition) is 4. The van der Waals surface area contributed by atoms with E-state index in [1.54, 1.807) is 13.0 Å². The second-order valence-electron chi connectivity index (χ2n) is 13.7. The highest BCUT2D eigenvalue weighted by molar-refractivity contribution is 7.81. The first kappa shape index (κ1) is 39.2. The monoisotopic (exact) mass is 861 g/mol. The van der Waals surface area contributed by atoms with Crippen LogP contribution in [-0.2, 0) is 11.0 Å². The Labute approximate surface area is 357 Å². The van der Waals surface area contributed by atoms with E-state index in [1.807, 2.05) is 0 Å².